The van der Waals surface area contributed by atoms with Gasteiger partial charge in [-0.2, -0.15) is 0 Å². The van der Waals surface area contributed by atoms with Gasteiger partial charge in [0.2, 0.25) is 11.7 Å². The fourth-order valence-electron chi connectivity index (χ4n) is 3.36. The molecule has 0 spiro atoms. The Kier molecular flexibility index (Phi) is 5.95. The fourth-order valence-corrected chi connectivity index (χ4v) is 3.36. The highest BCUT2D eigenvalue weighted by Gasteiger charge is 2.69. The van der Waals surface area contributed by atoms with Gasteiger partial charge in [0, 0.05) is 6.92 Å². The molecular formula is C14H25NO11. The van der Waals surface area contributed by atoms with Gasteiger partial charge in [-0.15, -0.1) is 0 Å². The van der Waals surface area contributed by atoms with Crippen LogP contribution in [0.15, 0.2) is 0 Å². The van der Waals surface area contributed by atoms with Crippen molar-refractivity contribution in [2.24, 2.45) is 0 Å². The van der Waals surface area contributed by atoms with Crippen molar-refractivity contribution in [3.05, 3.63) is 0 Å². The van der Waals surface area contributed by atoms with Crippen molar-refractivity contribution in [1.29, 1.82) is 0 Å². The van der Waals surface area contributed by atoms with Gasteiger partial charge in [-0.25, -0.2) is 0 Å². The molecule has 0 aromatic heterocycles. The molecule has 0 radical (unpaired) electrons. The van der Waals surface area contributed by atoms with E-state index >= 15 is 0 Å². The highest BCUT2D eigenvalue weighted by Crippen LogP contribution is 2.44. The van der Waals surface area contributed by atoms with Crippen molar-refractivity contribution in [2.45, 2.75) is 74.2 Å². The number of aliphatic hydroxyl groups is 8. The maximum absolute atomic E-state index is 11.5. The van der Waals surface area contributed by atoms with Crippen molar-refractivity contribution in [1.82, 2.24) is 5.32 Å². The Morgan fingerprint density at radius 1 is 1.00 bits per heavy atom. The Hall–Kier alpha value is -0.930. The summed E-state index contributed by atoms with van der Waals surface area (Å²) < 4.78 is 10.4. The van der Waals surface area contributed by atoms with Gasteiger partial charge in [-0.3, -0.25) is 4.79 Å². The molecule has 2 fully saturated rings. The van der Waals surface area contributed by atoms with E-state index in [0.29, 0.717) is 0 Å². The molecule has 2 aliphatic heterocycles. The van der Waals surface area contributed by atoms with Crippen LogP contribution in [0.2, 0.25) is 0 Å². The van der Waals surface area contributed by atoms with E-state index in [1.54, 1.807) is 0 Å². The van der Waals surface area contributed by atoms with E-state index in [1.165, 1.54) is 0 Å². The number of aliphatic hydroxyl groups excluding tert-OH is 7. The van der Waals surface area contributed by atoms with E-state index in [4.69, 9.17) is 9.47 Å². The largest absolute Gasteiger partial charge is 0.394 e. The van der Waals surface area contributed by atoms with Gasteiger partial charge < -0.3 is 55.6 Å². The zero-order valence-corrected chi connectivity index (χ0v) is 14.1. The highest BCUT2D eigenvalue weighted by atomic mass is 16.7. The number of rotatable bonds is 3. The molecule has 9 N–H and O–H groups in total. The van der Waals surface area contributed by atoms with Crippen LogP contribution in [0.3, 0.4) is 0 Å². The van der Waals surface area contributed by atoms with Crippen LogP contribution >= 0.6 is 0 Å². The molecule has 0 saturated carbocycles. The molecular weight excluding hydrogens is 358 g/mol. The second kappa shape index (κ2) is 7.24. The summed E-state index contributed by atoms with van der Waals surface area (Å²) in [5.41, 5.74) is -2.40. The average molecular weight is 383 g/mol. The highest BCUT2D eigenvalue weighted by molar-refractivity contribution is 5.73. The number of hydrogen-bond donors (Lipinski definition) is 9. The predicted molar refractivity (Wildman–Crippen MR) is 80.0 cm³/mol. The molecule has 152 valence electrons. The molecule has 10 atom stereocenters. The van der Waals surface area contributed by atoms with Crippen LogP contribution in [-0.4, -0.2) is 114 Å². The Morgan fingerprint density at radius 2 is 1.58 bits per heavy atom. The van der Waals surface area contributed by atoms with E-state index in [1.807, 2.05) is 0 Å². The Bertz CT molecular complexity index is 535. The predicted octanol–water partition coefficient (Wildman–Crippen LogP) is -5.52. The van der Waals surface area contributed by atoms with Gasteiger partial charge in [-0.05, 0) is 6.92 Å². The summed E-state index contributed by atoms with van der Waals surface area (Å²) in [6.07, 6.45) is -13.1. The lowest BCUT2D eigenvalue weighted by atomic mass is 9.74. The smallest absolute Gasteiger partial charge is 0.221 e. The lowest BCUT2D eigenvalue weighted by molar-refractivity contribution is -0.433. The topological polar surface area (TPSA) is 209 Å². The van der Waals surface area contributed by atoms with Crippen LogP contribution in [0.5, 0.6) is 0 Å². The van der Waals surface area contributed by atoms with Gasteiger partial charge in [0.15, 0.2) is 11.9 Å². The van der Waals surface area contributed by atoms with Crippen LogP contribution in [0, 0.1) is 0 Å². The van der Waals surface area contributed by atoms with Gasteiger partial charge in [-0.1, -0.05) is 0 Å². The third-order valence-electron chi connectivity index (χ3n) is 4.97. The van der Waals surface area contributed by atoms with E-state index < -0.39 is 72.9 Å². The van der Waals surface area contributed by atoms with E-state index in [-0.39, 0.29) is 0 Å². The molecule has 2 saturated heterocycles. The lowest BCUT2D eigenvalue weighted by Gasteiger charge is -2.58. The van der Waals surface area contributed by atoms with Crippen molar-refractivity contribution < 1.29 is 55.1 Å². The summed E-state index contributed by atoms with van der Waals surface area (Å²) in [7, 11) is 0. The quantitative estimate of drug-likeness (QED) is 0.224. The van der Waals surface area contributed by atoms with Crippen LogP contribution in [-0.2, 0) is 14.3 Å². The molecule has 0 aromatic carbocycles. The molecule has 1 amide bonds. The van der Waals surface area contributed by atoms with Gasteiger partial charge in [0.25, 0.3) is 0 Å². The number of amides is 1. The zero-order valence-electron chi connectivity index (χ0n) is 14.1. The number of hydrogen-bond acceptors (Lipinski definition) is 11. The minimum absolute atomic E-state index is 0.749. The second-order valence-electron chi connectivity index (χ2n) is 6.74. The van der Waals surface area contributed by atoms with Crippen LogP contribution < -0.4 is 5.32 Å². The summed E-state index contributed by atoms with van der Waals surface area (Å²) >= 11 is 0. The maximum Gasteiger partial charge on any atom is 0.221 e. The lowest BCUT2D eigenvalue weighted by Crippen LogP contribution is -2.82. The normalized spacial score (nSPS) is 52.5. The van der Waals surface area contributed by atoms with Gasteiger partial charge in [0.05, 0.1) is 6.61 Å². The summed E-state index contributed by atoms with van der Waals surface area (Å²) in [4.78, 5) is 11.5. The number of carbonyl (C=O) groups is 1. The third-order valence-corrected chi connectivity index (χ3v) is 4.97. The summed E-state index contributed by atoms with van der Waals surface area (Å²) in [6.45, 7) is 1.20. The van der Waals surface area contributed by atoms with Gasteiger partial charge >= 0.3 is 0 Å². The minimum atomic E-state index is -2.83. The molecule has 12 heteroatoms. The molecule has 2 rings (SSSR count). The first-order valence-corrected chi connectivity index (χ1v) is 7.95. The number of nitrogens with one attached hydrogen (secondary N) is 1. The van der Waals surface area contributed by atoms with Crippen LogP contribution in [0.25, 0.3) is 0 Å². The van der Waals surface area contributed by atoms with Crippen molar-refractivity contribution in [3.8, 4) is 0 Å². The Labute approximate surface area is 148 Å². The first-order chi connectivity index (χ1) is 11.9. The van der Waals surface area contributed by atoms with Crippen molar-refractivity contribution in [2.75, 3.05) is 6.61 Å². The summed E-state index contributed by atoms with van der Waals surface area (Å²) in [5.74, 6) is -3.58. The maximum atomic E-state index is 11.5. The molecule has 2 aliphatic rings. The summed E-state index contributed by atoms with van der Waals surface area (Å²) in [6, 6.07) is -1.79. The second-order valence-corrected chi connectivity index (χ2v) is 6.74. The Morgan fingerprint density at radius 3 is 2.08 bits per heavy atom. The molecule has 12 nitrogen and oxygen atoms in total. The molecule has 0 bridgehead atoms. The van der Waals surface area contributed by atoms with Crippen LogP contribution in [0.4, 0.5) is 0 Å². The molecule has 26 heavy (non-hydrogen) atoms. The molecule has 2 unspecified atom stereocenters. The number of carbonyl (C=O) groups excluding carboxylic acids is 1. The average Bonchev–Trinajstić information content (AvgIpc) is 2.58. The minimum Gasteiger partial charge on any atom is -0.394 e. The molecule has 0 aromatic rings. The first-order valence-electron chi connectivity index (χ1n) is 7.95. The molecule has 2 heterocycles. The van der Waals surface area contributed by atoms with Crippen molar-refractivity contribution in [3.63, 3.8) is 0 Å². The Balaban J connectivity index is 2.53. The summed E-state index contributed by atoms with van der Waals surface area (Å²) in [5, 5.41) is 82.7. The third kappa shape index (κ3) is 3.11. The van der Waals surface area contributed by atoms with E-state index in [0.717, 1.165) is 13.8 Å². The number of ether oxygens (including phenoxy) is 2. The van der Waals surface area contributed by atoms with Crippen molar-refractivity contribution >= 4 is 5.91 Å². The fraction of sp³-hybridized carbons (Fsp3) is 0.929. The van der Waals surface area contributed by atoms with E-state index in [2.05, 4.69) is 5.32 Å². The molecule has 0 aliphatic carbocycles. The van der Waals surface area contributed by atoms with E-state index in [9.17, 15) is 45.6 Å². The zero-order chi connectivity index (χ0) is 20.0. The monoisotopic (exact) mass is 383 g/mol. The van der Waals surface area contributed by atoms with Crippen LogP contribution in [0.1, 0.15) is 13.8 Å². The SMILES string of the molecule is CC(=O)N[C@@H]1[C@@H](O)[C@H](O)[C@@H](CO)OC1(O)[C@@]1(C)OC(O)[C@@H](O)[C@H](O)[C@@H]1O. The van der Waals surface area contributed by atoms with Gasteiger partial charge in [0.1, 0.15) is 42.7 Å². The standard InChI is InChI=1S/C14H25NO11/c1-4(17)15-10-7(19)6(18)5(3-16)25-14(10,24)13(2)11(22)8(20)9(21)12(23)26-13/h5-12,16,18-24H,3H2,1-2H3,(H,15,17)/t5-,6-,7+,8+,9+,10-,11+,12?,13+,14?/m1/s1. The first kappa shape index (κ1) is 21.4.